The lowest BCUT2D eigenvalue weighted by Gasteiger charge is -2.28. The van der Waals surface area contributed by atoms with E-state index in [1.54, 1.807) is 7.11 Å². The highest BCUT2D eigenvalue weighted by molar-refractivity contribution is 5.33. The van der Waals surface area contributed by atoms with Crippen molar-refractivity contribution in [3.63, 3.8) is 0 Å². The Hall–Kier alpha value is -1.06. The third kappa shape index (κ3) is 3.97. The van der Waals surface area contributed by atoms with Gasteiger partial charge in [0.1, 0.15) is 5.75 Å². The fourth-order valence-corrected chi connectivity index (χ4v) is 3.21. The molecule has 0 radical (unpaired) electrons. The topological polar surface area (TPSA) is 38.5 Å². The van der Waals surface area contributed by atoms with Crippen LogP contribution in [0.15, 0.2) is 24.3 Å². The lowest BCUT2D eigenvalue weighted by molar-refractivity contribution is 0.216. The number of benzene rings is 1. The second-order valence-corrected chi connectivity index (χ2v) is 6.24. The van der Waals surface area contributed by atoms with Crippen molar-refractivity contribution in [2.75, 3.05) is 20.7 Å². The Bertz CT molecular complexity index is 421. The molecule has 3 heteroatoms. The SMILES string of the molecule is COc1ccccc1CC(C)N(C)CC1CCC(N)C1. The van der Waals surface area contributed by atoms with Crippen molar-refractivity contribution in [3.8, 4) is 5.75 Å². The molecule has 1 aromatic carbocycles. The van der Waals surface area contributed by atoms with Gasteiger partial charge in [-0.25, -0.2) is 0 Å². The molecule has 2 rings (SSSR count). The zero-order chi connectivity index (χ0) is 14.5. The summed E-state index contributed by atoms with van der Waals surface area (Å²) in [4.78, 5) is 2.47. The molecule has 1 saturated carbocycles. The van der Waals surface area contributed by atoms with E-state index < -0.39 is 0 Å². The Morgan fingerprint density at radius 2 is 2.10 bits per heavy atom. The summed E-state index contributed by atoms with van der Waals surface area (Å²) in [6.07, 6.45) is 4.69. The molecule has 3 nitrogen and oxygen atoms in total. The minimum Gasteiger partial charge on any atom is -0.496 e. The van der Waals surface area contributed by atoms with Crippen molar-refractivity contribution >= 4 is 0 Å². The molecule has 2 N–H and O–H groups in total. The molecular formula is C17H28N2O. The summed E-state index contributed by atoms with van der Waals surface area (Å²) in [5, 5.41) is 0. The summed E-state index contributed by atoms with van der Waals surface area (Å²) in [6.45, 7) is 3.45. The Balaban J connectivity index is 1.88. The van der Waals surface area contributed by atoms with E-state index in [-0.39, 0.29) is 0 Å². The summed E-state index contributed by atoms with van der Waals surface area (Å²) in [5.74, 6) is 1.77. The average Bonchev–Trinajstić information content (AvgIpc) is 2.84. The first-order chi connectivity index (χ1) is 9.60. The van der Waals surface area contributed by atoms with Crippen LogP contribution in [0.1, 0.15) is 31.7 Å². The largest absolute Gasteiger partial charge is 0.496 e. The Morgan fingerprint density at radius 1 is 1.35 bits per heavy atom. The fraction of sp³-hybridized carbons (Fsp3) is 0.647. The van der Waals surface area contributed by atoms with Gasteiger partial charge in [-0.3, -0.25) is 0 Å². The van der Waals surface area contributed by atoms with E-state index in [4.69, 9.17) is 10.5 Å². The molecule has 0 spiro atoms. The maximum atomic E-state index is 6.00. The number of nitrogens with zero attached hydrogens (tertiary/aromatic N) is 1. The van der Waals surface area contributed by atoms with Crippen LogP contribution in [0.2, 0.25) is 0 Å². The van der Waals surface area contributed by atoms with Gasteiger partial charge in [-0.05, 0) is 57.2 Å². The first kappa shape index (κ1) is 15.3. The molecule has 0 amide bonds. The van der Waals surface area contributed by atoms with Gasteiger partial charge in [-0.15, -0.1) is 0 Å². The van der Waals surface area contributed by atoms with E-state index in [0.29, 0.717) is 12.1 Å². The van der Waals surface area contributed by atoms with E-state index in [1.165, 1.54) is 24.8 Å². The van der Waals surface area contributed by atoms with Crippen molar-refractivity contribution in [1.82, 2.24) is 4.90 Å². The van der Waals surface area contributed by atoms with E-state index in [9.17, 15) is 0 Å². The maximum Gasteiger partial charge on any atom is 0.122 e. The Labute approximate surface area is 123 Å². The van der Waals surface area contributed by atoms with Crippen LogP contribution in [0, 0.1) is 5.92 Å². The number of methoxy groups -OCH3 is 1. The van der Waals surface area contributed by atoms with E-state index >= 15 is 0 Å². The number of ether oxygens (including phenoxy) is 1. The standard InChI is InChI=1S/C17H28N2O/c1-13(10-15-6-4-5-7-17(15)20-3)19(2)12-14-8-9-16(18)11-14/h4-7,13-14,16H,8-12,18H2,1-3H3. The highest BCUT2D eigenvalue weighted by atomic mass is 16.5. The summed E-state index contributed by atoms with van der Waals surface area (Å²) in [6, 6.07) is 9.25. The van der Waals surface area contributed by atoms with Crippen LogP contribution >= 0.6 is 0 Å². The number of hydrogen-bond donors (Lipinski definition) is 1. The lowest BCUT2D eigenvalue weighted by atomic mass is 10.0. The molecule has 3 unspecified atom stereocenters. The van der Waals surface area contributed by atoms with Crippen LogP contribution < -0.4 is 10.5 Å². The minimum absolute atomic E-state index is 0.429. The fourth-order valence-electron chi connectivity index (χ4n) is 3.21. The molecule has 0 aliphatic heterocycles. The molecule has 0 bridgehead atoms. The van der Waals surface area contributed by atoms with Gasteiger partial charge in [0.2, 0.25) is 0 Å². The van der Waals surface area contributed by atoms with Gasteiger partial charge in [-0.1, -0.05) is 18.2 Å². The monoisotopic (exact) mass is 276 g/mol. The minimum atomic E-state index is 0.429. The van der Waals surface area contributed by atoms with Crippen molar-refractivity contribution in [2.24, 2.45) is 11.7 Å². The third-order valence-corrected chi connectivity index (χ3v) is 4.59. The highest BCUT2D eigenvalue weighted by Crippen LogP contribution is 2.26. The van der Waals surface area contributed by atoms with Gasteiger partial charge in [0.25, 0.3) is 0 Å². The van der Waals surface area contributed by atoms with Gasteiger partial charge in [0.05, 0.1) is 7.11 Å². The lowest BCUT2D eigenvalue weighted by Crippen LogP contribution is -2.35. The van der Waals surface area contributed by atoms with Crippen LogP contribution in [0.4, 0.5) is 0 Å². The van der Waals surface area contributed by atoms with Crippen LogP contribution in [0.3, 0.4) is 0 Å². The third-order valence-electron chi connectivity index (χ3n) is 4.59. The quantitative estimate of drug-likeness (QED) is 0.868. The Kier molecular flexibility index (Phi) is 5.44. The predicted molar refractivity (Wildman–Crippen MR) is 84.1 cm³/mol. The van der Waals surface area contributed by atoms with Crippen LogP contribution in [-0.2, 0) is 6.42 Å². The van der Waals surface area contributed by atoms with E-state index in [0.717, 1.165) is 24.6 Å². The van der Waals surface area contributed by atoms with Gasteiger partial charge in [-0.2, -0.15) is 0 Å². The zero-order valence-electron chi connectivity index (χ0n) is 13.0. The average molecular weight is 276 g/mol. The number of rotatable bonds is 6. The second kappa shape index (κ2) is 7.09. The smallest absolute Gasteiger partial charge is 0.122 e. The molecule has 0 aromatic heterocycles. The van der Waals surface area contributed by atoms with Crippen molar-refractivity contribution < 1.29 is 4.74 Å². The van der Waals surface area contributed by atoms with E-state index in [1.807, 2.05) is 12.1 Å². The van der Waals surface area contributed by atoms with Gasteiger partial charge in [0, 0.05) is 18.6 Å². The van der Waals surface area contributed by atoms with Crippen molar-refractivity contribution in [1.29, 1.82) is 0 Å². The maximum absolute atomic E-state index is 6.00. The molecule has 0 saturated heterocycles. The van der Waals surface area contributed by atoms with Gasteiger partial charge in [0.15, 0.2) is 0 Å². The van der Waals surface area contributed by atoms with Crippen LogP contribution in [-0.4, -0.2) is 37.7 Å². The highest BCUT2D eigenvalue weighted by Gasteiger charge is 2.24. The number of likely N-dealkylation sites (N-methyl/N-ethyl adjacent to an activating group) is 1. The zero-order valence-corrected chi connectivity index (χ0v) is 13.0. The molecule has 1 aliphatic carbocycles. The Morgan fingerprint density at radius 3 is 2.75 bits per heavy atom. The molecule has 1 aromatic rings. The van der Waals surface area contributed by atoms with Crippen LogP contribution in [0.5, 0.6) is 5.75 Å². The molecule has 3 atom stereocenters. The molecule has 1 aliphatic rings. The molecular weight excluding hydrogens is 248 g/mol. The molecule has 0 heterocycles. The molecule has 1 fully saturated rings. The molecule has 112 valence electrons. The molecule has 20 heavy (non-hydrogen) atoms. The number of hydrogen-bond acceptors (Lipinski definition) is 3. The van der Waals surface area contributed by atoms with Crippen LogP contribution in [0.25, 0.3) is 0 Å². The van der Waals surface area contributed by atoms with Gasteiger partial charge >= 0.3 is 0 Å². The van der Waals surface area contributed by atoms with E-state index in [2.05, 4.69) is 31.0 Å². The predicted octanol–water partition coefficient (Wildman–Crippen LogP) is 2.69. The number of nitrogens with two attached hydrogens (primary N) is 1. The summed E-state index contributed by atoms with van der Waals surface area (Å²) >= 11 is 0. The van der Waals surface area contributed by atoms with Crippen molar-refractivity contribution in [2.45, 2.75) is 44.7 Å². The van der Waals surface area contributed by atoms with Crippen molar-refractivity contribution in [3.05, 3.63) is 29.8 Å². The first-order valence-corrected chi connectivity index (χ1v) is 7.68. The first-order valence-electron chi connectivity index (χ1n) is 7.68. The summed E-state index contributed by atoms with van der Waals surface area (Å²) < 4.78 is 5.44. The second-order valence-electron chi connectivity index (χ2n) is 6.24. The summed E-state index contributed by atoms with van der Waals surface area (Å²) in [5.41, 5.74) is 7.29. The number of para-hydroxylation sites is 1. The summed E-state index contributed by atoms with van der Waals surface area (Å²) in [7, 11) is 3.97. The normalized spacial score (nSPS) is 24.1. The van der Waals surface area contributed by atoms with Gasteiger partial charge < -0.3 is 15.4 Å².